The third kappa shape index (κ3) is 2.46. The number of amides is 1. The monoisotopic (exact) mass is 277 g/mol. The van der Waals surface area contributed by atoms with Crippen LogP contribution in [-0.4, -0.2) is 44.4 Å². The third-order valence-corrected chi connectivity index (χ3v) is 4.77. The SMILES string of the molecule is Cn1ccc(C(=O)N2CCCC2C2CCCCC2O)n1. The molecule has 110 valence electrons. The van der Waals surface area contributed by atoms with E-state index in [2.05, 4.69) is 5.10 Å². The number of carbonyl (C=O) groups excluding carboxylic acids is 1. The average molecular weight is 277 g/mol. The Balaban J connectivity index is 1.76. The summed E-state index contributed by atoms with van der Waals surface area (Å²) < 4.78 is 1.66. The lowest BCUT2D eigenvalue weighted by Crippen LogP contribution is -2.45. The van der Waals surface area contributed by atoms with E-state index in [1.807, 2.05) is 11.9 Å². The van der Waals surface area contributed by atoms with Crippen LogP contribution in [0.25, 0.3) is 0 Å². The first-order chi connectivity index (χ1) is 9.66. The molecule has 2 heterocycles. The van der Waals surface area contributed by atoms with E-state index >= 15 is 0 Å². The Labute approximate surface area is 119 Å². The molecule has 0 radical (unpaired) electrons. The maximum Gasteiger partial charge on any atom is 0.274 e. The molecule has 5 nitrogen and oxygen atoms in total. The predicted molar refractivity (Wildman–Crippen MR) is 75.2 cm³/mol. The quantitative estimate of drug-likeness (QED) is 0.893. The molecule has 3 rings (SSSR count). The summed E-state index contributed by atoms with van der Waals surface area (Å²) in [5.74, 6) is 0.268. The first kappa shape index (κ1) is 13.6. The minimum atomic E-state index is -0.245. The van der Waals surface area contributed by atoms with Crippen molar-refractivity contribution in [3.63, 3.8) is 0 Å². The van der Waals surface area contributed by atoms with Crippen molar-refractivity contribution in [2.75, 3.05) is 6.54 Å². The van der Waals surface area contributed by atoms with Crippen LogP contribution in [-0.2, 0) is 7.05 Å². The minimum Gasteiger partial charge on any atom is -0.393 e. The van der Waals surface area contributed by atoms with Crippen LogP contribution < -0.4 is 0 Å². The van der Waals surface area contributed by atoms with Gasteiger partial charge in [-0.1, -0.05) is 12.8 Å². The summed E-state index contributed by atoms with van der Waals surface area (Å²) >= 11 is 0. The summed E-state index contributed by atoms with van der Waals surface area (Å²) in [5.41, 5.74) is 0.518. The van der Waals surface area contributed by atoms with Gasteiger partial charge in [-0.25, -0.2) is 0 Å². The first-order valence-electron chi connectivity index (χ1n) is 7.65. The number of nitrogens with zero attached hydrogens (tertiary/aromatic N) is 3. The molecule has 1 aliphatic heterocycles. The molecule has 1 aromatic rings. The van der Waals surface area contributed by atoms with Crippen molar-refractivity contribution in [1.29, 1.82) is 0 Å². The van der Waals surface area contributed by atoms with E-state index in [4.69, 9.17) is 0 Å². The van der Waals surface area contributed by atoms with Crippen molar-refractivity contribution in [2.45, 2.75) is 50.7 Å². The molecule has 1 saturated heterocycles. The zero-order valence-electron chi connectivity index (χ0n) is 12.0. The fourth-order valence-electron chi connectivity index (χ4n) is 3.75. The van der Waals surface area contributed by atoms with Gasteiger partial charge in [-0.3, -0.25) is 9.48 Å². The van der Waals surface area contributed by atoms with Gasteiger partial charge in [0.25, 0.3) is 5.91 Å². The van der Waals surface area contributed by atoms with E-state index < -0.39 is 0 Å². The molecule has 1 aliphatic carbocycles. The molecule has 1 amide bonds. The summed E-state index contributed by atoms with van der Waals surface area (Å²) in [6.45, 7) is 0.795. The summed E-state index contributed by atoms with van der Waals surface area (Å²) in [6.07, 6.45) is 7.80. The lowest BCUT2D eigenvalue weighted by molar-refractivity contribution is 0.0209. The predicted octanol–water partition coefficient (Wildman–Crippen LogP) is 1.58. The van der Waals surface area contributed by atoms with Crippen molar-refractivity contribution >= 4 is 5.91 Å². The number of aromatic nitrogens is 2. The van der Waals surface area contributed by atoms with Gasteiger partial charge in [0.15, 0.2) is 0 Å². The number of hydrogen-bond acceptors (Lipinski definition) is 3. The lowest BCUT2D eigenvalue weighted by Gasteiger charge is -2.37. The number of likely N-dealkylation sites (tertiary alicyclic amines) is 1. The highest BCUT2D eigenvalue weighted by atomic mass is 16.3. The van der Waals surface area contributed by atoms with E-state index in [0.717, 1.165) is 38.6 Å². The highest BCUT2D eigenvalue weighted by Gasteiger charge is 2.39. The first-order valence-corrected chi connectivity index (χ1v) is 7.65. The smallest absolute Gasteiger partial charge is 0.274 e. The number of aryl methyl sites for hydroxylation is 1. The number of aliphatic hydroxyl groups excluding tert-OH is 1. The van der Waals surface area contributed by atoms with Crippen LogP contribution in [0.5, 0.6) is 0 Å². The summed E-state index contributed by atoms with van der Waals surface area (Å²) in [5, 5.41) is 14.5. The Kier molecular flexibility index (Phi) is 3.78. The van der Waals surface area contributed by atoms with Crippen molar-refractivity contribution < 1.29 is 9.90 Å². The zero-order valence-corrected chi connectivity index (χ0v) is 12.0. The van der Waals surface area contributed by atoms with Gasteiger partial charge in [0, 0.05) is 31.7 Å². The second-order valence-electron chi connectivity index (χ2n) is 6.10. The number of carbonyl (C=O) groups is 1. The van der Waals surface area contributed by atoms with Crippen LogP contribution in [0.2, 0.25) is 0 Å². The fraction of sp³-hybridized carbons (Fsp3) is 0.733. The van der Waals surface area contributed by atoms with Crippen LogP contribution in [0.3, 0.4) is 0 Å². The molecule has 2 fully saturated rings. The normalized spacial score (nSPS) is 30.7. The fourth-order valence-corrected chi connectivity index (χ4v) is 3.75. The summed E-state index contributed by atoms with van der Waals surface area (Å²) in [4.78, 5) is 14.5. The standard InChI is InChI=1S/C15H23N3O2/c1-17-10-8-12(16-17)15(20)18-9-4-6-13(18)11-5-2-3-7-14(11)19/h8,10-11,13-14,19H,2-7,9H2,1H3. The highest BCUT2D eigenvalue weighted by Crippen LogP contribution is 2.35. The van der Waals surface area contributed by atoms with Gasteiger partial charge in [-0.15, -0.1) is 0 Å². The number of rotatable bonds is 2. The Morgan fingerprint density at radius 1 is 1.30 bits per heavy atom. The Bertz CT molecular complexity index is 485. The second-order valence-corrected chi connectivity index (χ2v) is 6.10. The van der Waals surface area contributed by atoms with Crippen molar-refractivity contribution in [3.05, 3.63) is 18.0 Å². The maximum absolute atomic E-state index is 12.6. The van der Waals surface area contributed by atoms with E-state index in [1.54, 1.807) is 16.9 Å². The second kappa shape index (κ2) is 5.56. The molecular formula is C15H23N3O2. The van der Waals surface area contributed by atoms with Gasteiger partial charge in [0.1, 0.15) is 5.69 Å². The van der Waals surface area contributed by atoms with Gasteiger partial charge in [-0.2, -0.15) is 5.10 Å². The molecule has 3 atom stereocenters. The summed E-state index contributed by atoms with van der Waals surface area (Å²) in [7, 11) is 1.82. The largest absolute Gasteiger partial charge is 0.393 e. The molecule has 20 heavy (non-hydrogen) atoms. The van der Waals surface area contributed by atoms with Gasteiger partial charge in [0.2, 0.25) is 0 Å². The van der Waals surface area contributed by atoms with Gasteiger partial charge in [0.05, 0.1) is 6.10 Å². The van der Waals surface area contributed by atoms with Crippen LogP contribution in [0.4, 0.5) is 0 Å². The van der Waals surface area contributed by atoms with Crippen molar-refractivity contribution in [1.82, 2.24) is 14.7 Å². The molecule has 2 aliphatic rings. The molecule has 5 heteroatoms. The number of hydrogen-bond donors (Lipinski definition) is 1. The van der Waals surface area contributed by atoms with Crippen molar-refractivity contribution in [2.24, 2.45) is 13.0 Å². The van der Waals surface area contributed by atoms with Gasteiger partial charge in [-0.05, 0) is 31.7 Å². The van der Waals surface area contributed by atoms with E-state index in [-0.39, 0.29) is 24.0 Å². The maximum atomic E-state index is 12.6. The van der Waals surface area contributed by atoms with Gasteiger partial charge < -0.3 is 10.0 Å². The third-order valence-electron chi connectivity index (χ3n) is 4.77. The Hall–Kier alpha value is -1.36. The topological polar surface area (TPSA) is 58.4 Å². The number of aliphatic hydroxyl groups is 1. The van der Waals surface area contributed by atoms with Gasteiger partial charge >= 0.3 is 0 Å². The Morgan fingerprint density at radius 3 is 2.80 bits per heavy atom. The molecule has 3 unspecified atom stereocenters. The van der Waals surface area contributed by atoms with Crippen LogP contribution in [0.15, 0.2) is 12.3 Å². The van der Waals surface area contributed by atoms with Crippen LogP contribution >= 0.6 is 0 Å². The van der Waals surface area contributed by atoms with E-state index in [9.17, 15) is 9.90 Å². The Morgan fingerprint density at radius 2 is 2.10 bits per heavy atom. The lowest BCUT2D eigenvalue weighted by atomic mass is 9.80. The van der Waals surface area contributed by atoms with E-state index in [1.165, 1.54) is 6.42 Å². The van der Waals surface area contributed by atoms with Crippen LogP contribution in [0.1, 0.15) is 49.0 Å². The molecule has 1 N–H and O–H groups in total. The summed E-state index contributed by atoms with van der Waals surface area (Å²) in [6, 6.07) is 1.97. The average Bonchev–Trinajstić information content (AvgIpc) is 3.07. The zero-order chi connectivity index (χ0) is 14.1. The van der Waals surface area contributed by atoms with Crippen LogP contribution in [0, 0.1) is 5.92 Å². The molecule has 0 aromatic carbocycles. The molecule has 1 saturated carbocycles. The molecule has 0 spiro atoms. The van der Waals surface area contributed by atoms with E-state index in [0.29, 0.717) is 5.69 Å². The highest BCUT2D eigenvalue weighted by molar-refractivity contribution is 5.92. The minimum absolute atomic E-state index is 0.0193. The molecular weight excluding hydrogens is 254 g/mol. The molecule has 1 aromatic heterocycles. The molecule has 0 bridgehead atoms. The van der Waals surface area contributed by atoms with Crippen molar-refractivity contribution in [3.8, 4) is 0 Å².